The molecule has 6 amide bonds. The van der Waals surface area contributed by atoms with Crippen molar-refractivity contribution in [3.8, 4) is 0 Å². The zero-order valence-corrected chi connectivity index (χ0v) is 29.1. The van der Waals surface area contributed by atoms with E-state index in [0.717, 1.165) is 0 Å². The quantitative estimate of drug-likeness (QED) is 0.0590. The molecule has 0 aromatic heterocycles. The fourth-order valence-corrected chi connectivity index (χ4v) is 5.49. The first-order valence-electron chi connectivity index (χ1n) is 16.0. The van der Waals surface area contributed by atoms with Gasteiger partial charge in [0.2, 0.25) is 35.4 Å². The summed E-state index contributed by atoms with van der Waals surface area (Å²) >= 11 is 1.38. The lowest BCUT2D eigenvalue weighted by Crippen LogP contribution is -2.60. The summed E-state index contributed by atoms with van der Waals surface area (Å²) in [6, 6.07) is -7.30. The van der Waals surface area contributed by atoms with Gasteiger partial charge in [0, 0.05) is 6.54 Å². The molecule has 0 saturated carbocycles. The van der Waals surface area contributed by atoms with Gasteiger partial charge < -0.3 is 52.5 Å². The average molecular weight is 704 g/mol. The van der Waals surface area contributed by atoms with Gasteiger partial charge in [0.05, 0.1) is 25.8 Å². The molecule has 1 aliphatic rings. The summed E-state index contributed by atoms with van der Waals surface area (Å²) in [5.41, 5.74) is 5.85. The SMILES string of the molecule is CSCC[C@H](NC(=O)[C@H](CO)NC(=O)[C@H](CO)NC(=O)[C@@H]1CCCN1C(=O)CNC(=O)[C@@H](N)CC(C)C)C(=O)N[C@@H](CC(C)C)C(=O)O. The maximum atomic E-state index is 13.1. The van der Waals surface area contributed by atoms with Crippen LogP contribution in [0.5, 0.6) is 0 Å². The molecule has 1 fully saturated rings. The largest absolute Gasteiger partial charge is 0.480 e. The number of likely N-dealkylation sites (tertiary alicyclic amines) is 1. The lowest BCUT2D eigenvalue weighted by molar-refractivity contribution is -0.143. The van der Waals surface area contributed by atoms with E-state index in [1.165, 1.54) is 16.7 Å². The second-order valence-electron chi connectivity index (χ2n) is 12.6. The third-order valence-corrected chi connectivity index (χ3v) is 8.19. The van der Waals surface area contributed by atoms with Crippen molar-refractivity contribution in [3.63, 3.8) is 0 Å². The van der Waals surface area contributed by atoms with Crippen LogP contribution in [0.15, 0.2) is 0 Å². The Kier molecular flexibility index (Phi) is 19.0. The van der Waals surface area contributed by atoms with E-state index in [-0.39, 0.29) is 44.2 Å². The summed E-state index contributed by atoms with van der Waals surface area (Å²) in [5.74, 6) is -5.16. The summed E-state index contributed by atoms with van der Waals surface area (Å²) in [4.78, 5) is 90.0. The molecule has 10 N–H and O–H groups in total. The zero-order chi connectivity index (χ0) is 36.6. The van der Waals surface area contributed by atoms with Crippen molar-refractivity contribution in [2.75, 3.05) is 38.3 Å². The van der Waals surface area contributed by atoms with E-state index in [2.05, 4.69) is 26.6 Å². The van der Waals surface area contributed by atoms with Gasteiger partial charge in [0.1, 0.15) is 30.2 Å². The van der Waals surface area contributed by atoms with Crippen molar-refractivity contribution in [2.45, 2.75) is 96.1 Å². The number of carboxylic acids is 1. The van der Waals surface area contributed by atoms with Gasteiger partial charge >= 0.3 is 5.97 Å². The maximum Gasteiger partial charge on any atom is 0.326 e. The molecule has 18 heteroatoms. The van der Waals surface area contributed by atoms with E-state index >= 15 is 0 Å². The van der Waals surface area contributed by atoms with E-state index in [0.29, 0.717) is 18.6 Å². The molecule has 274 valence electrons. The van der Waals surface area contributed by atoms with Crippen LogP contribution in [0.25, 0.3) is 0 Å². The number of rotatable bonds is 21. The topological polar surface area (TPSA) is 270 Å². The van der Waals surface area contributed by atoms with Crippen LogP contribution >= 0.6 is 11.8 Å². The average Bonchev–Trinajstić information content (AvgIpc) is 3.52. The van der Waals surface area contributed by atoms with Crippen molar-refractivity contribution < 1.29 is 48.9 Å². The predicted molar refractivity (Wildman–Crippen MR) is 177 cm³/mol. The first kappa shape index (κ1) is 42.5. The number of carbonyl (C=O) groups excluding carboxylic acids is 6. The van der Waals surface area contributed by atoms with Gasteiger partial charge in [-0.05, 0) is 55.9 Å². The number of amides is 6. The van der Waals surface area contributed by atoms with Crippen LogP contribution in [-0.2, 0) is 33.6 Å². The van der Waals surface area contributed by atoms with Crippen molar-refractivity contribution >= 4 is 53.2 Å². The molecule has 6 atom stereocenters. The van der Waals surface area contributed by atoms with Crippen molar-refractivity contribution in [3.05, 3.63) is 0 Å². The molecule has 1 heterocycles. The third kappa shape index (κ3) is 14.3. The molecule has 0 unspecified atom stereocenters. The normalized spacial score (nSPS) is 17.5. The second-order valence-corrected chi connectivity index (χ2v) is 13.5. The van der Waals surface area contributed by atoms with Crippen LogP contribution in [0.3, 0.4) is 0 Å². The van der Waals surface area contributed by atoms with E-state index in [4.69, 9.17) is 5.73 Å². The molecule has 1 saturated heterocycles. The fraction of sp³-hybridized carbons (Fsp3) is 0.767. The highest BCUT2D eigenvalue weighted by molar-refractivity contribution is 7.98. The number of aliphatic hydroxyl groups is 2. The Morgan fingerprint density at radius 2 is 1.31 bits per heavy atom. The zero-order valence-electron chi connectivity index (χ0n) is 28.3. The van der Waals surface area contributed by atoms with E-state index < -0.39 is 90.9 Å². The number of hydrogen-bond donors (Lipinski definition) is 9. The number of nitrogens with zero attached hydrogens (tertiary/aromatic N) is 1. The van der Waals surface area contributed by atoms with Crippen LogP contribution in [0, 0.1) is 11.8 Å². The molecule has 0 radical (unpaired) electrons. The van der Waals surface area contributed by atoms with Gasteiger partial charge in [-0.2, -0.15) is 11.8 Å². The van der Waals surface area contributed by atoms with Crippen molar-refractivity contribution in [2.24, 2.45) is 17.6 Å². The molecule has 48 heavy (non-hydrogen) atoms. The number of carbonyl (C=O) groups is 7. The minimum Gasteiger partial charge on any atom is -0.480 e. The van der Waals surface area contributed by atoms with E-state index in [1.807, 2.05) is 13.8 Å². The molecule has 17 nitrogen and oxygen atoms in total. The summed E-state index contributed by atoms with van der Waals surface area (Å²) in [6.45, 7) is 5.47. The lowest BCUT2D eigenvalue weighted by atomic mass is 10.0. The molecule has 1 rings (SSSR count). The summed E-state index contributed by atoms with van der Waals surface area (Å²) < 4.78 is 0. The Morgan fingerprint density at radius 3 is 1.83 bits per heavy atom. The minimum absolute atomic E-state index is 0.0386. The van der Waals surface area contributed by atoms with E-state index in [1.54, 1.807) is 20.1 Å². The monoisotopic (exact) mass is 703 g/mol. The molecular formula is C30H53N7O10S. The number of carboxylic acid groups (broad SMARTS) is 1. The van der Waals surface area contributed by atoms with Gasteiger partial charge in [-0.25, -0.2) is 4.79 Å². The molecule has 0 aromatic rings. The molecule has 0 bridgehead atoms. The second kappa shape index (κ2) is 21.5. The fourth-order valence-electron chi connectivity index (χ4n) is 5.02. The van der Waals surface area contributed by atoms with E-state index in [9.17, 15) is 48.9 Å². The number of thioether (sulfide) groups is 1. The number of aliphatic hydroxyl groups excluding tert-OH is 2. The van der Waals surface area contributed by atoms with Crippen LogP contribution in [0.1, 0.15) is 59.8 Å². The lowest BCUT2D eigenvalue weighted by Gasteiger charge is -2.27. The first-order valence-corrected chi connectivity index (χ1v) is 17.4. The Morgan fingerprint density at radius 1 is 0.792 bits per heavy atom. The van der Waals surface area contributed by atoms with Crippen molar-refractivity contribution in [1.82, 2.24) is 31.5 Å². The van der Waals surface area contributed by atoms with Crippen LogP contribution in [0.4, 0.5) is 0 Å². The van der Waals surface area contributed by atoms with Gasteiger partial charge in [-0.15, -0.1) is 0 Å². The number of nitrogens with two attached hydrogens (primary N) is 1. The smallest absolute Gasteiger partial charge is 0.326 e. The number of nitrogens with one attached hydrogen (secondary N) is 5. The first-order chi connectivity index (χ1) is 22.6. The number of hydrogen-bond acceptors (Lipinski definition) is 11. The third-order valence-electron chi connectivity index (χ3n) is 7.55. The molecule has 0 spiro atoms. The van der Waals surface area contributed by atoms with Crippen LogP contribution in [0.2, 0.25) is 0 Å². The summed E-state index contributed by atoms with van der Waals surface area (Å²) in [7, 11) is 0. The van der Waals surface area contributed by atoms with Gasteiger partial charge in [-0.1, -0.05) is 27.7 Å². The highest BCUT2D eigenvalue weighted by Gasteiger charge is 2.37. The summed E-state index contributed by atoms with van der Waals surface area (Å²) in [6.07, 6.45) is 3.23. The maximum absolute atomic E-state index is 13.1. The molecule has 0 aliphatic carbocycles. The molecular weight excluding hydrogens is 650 g/mol. The van der Waals surface area contributed by atoms with Crippen molar-refractivity contribution in [1.29, 1.82) is 0 Å². The minimum atomic E-state index is -1.59. The Bertz CT molecular complexity index is 1130. The standard InChI is InChI=1S/C30H53N7O10S/c1-16(2)11-18(31)25(41)32-13-24(40)37-9-6-7-23(37)29(45)36-22(15-39)28(44)35-21(14-38)27(43)33-19(8-10-48-5)26(42)34-20(30(46)47)12-17(3)4/h16-23,38-39H,6-15,31H2,1-5H3,(H,32,41)(H,33,43)(H,34,42)(H,35,44)(H,36,45)(H,46,47)/t18-,19-,20-,21-,22-,23-/m0/s1. The Balaban J connectivity index is 2.87. The molecule has 0 aromatic carbocycles. The molecule has 1 aliphatic heterocycles. The van der Waals surface area contributed by atoms with Gasteiger partial charge in [0.25, 0.3) is 0 Å². The Labute approximate surface area is 285 Å². The van der Waals surface area contributed by atoms with Gasteiger partial charge in [0.15, 0.2) is 0 Å². The highest BCUT2D eigenvalue weighted by Crippen LogP contribution is 2.18. The van der Waals surface area contributed by atoms with Crippen LogP contribution in [-0.4, -0.2) is 136 Å². The summed E-state index contributed by atoms with van der Waals surface area (Å²) in [5, 5.41) is 41.2. The van der Waals surface area contributed by atoms with Gasteiger partial charge in [-0.3, -0.25) is 28.8 Å². The van der Waals surface area contributed by atoms with Crippen LogP contribution < -0.4 is 32.3 Å². The Hall–Kier alpha value is -3.48. The predicted octanol–water partition coefficient (Wildman–Crippen LogP) is -2.73. The number of aliphatic carboxylic acids is 1. The highest BCUT2D eigenvalue weighted by atomic mass is 32.2.